The van der Waals surface area contributed by atoms with Gasteiger partial charge in [-0.15, -0.1) is 0 Å². The lowest BCUT2D eigenvalue weighted by Crippen LogP contribution is -2.23. The molecular formula is C17H24FN3. The molecule has 0 aliphatic rings. The first-order valence-corrected chi connectivity index (χ1v) is 7.49. The minimum absolute atomic E-state index is 0.157. The topological polar surface area (TPSA) is 29.9 Å². The number of benzene rings is 1. The molecular weight excluding hydrogens is 265 g/mol. The summed E-state index contributed by atoms with van der Waals surface area (Å²) in [7, 11) is 0. The smallest absolute Gasteiger partial charge is 0.123 e. The highest BCUT2D eigenvalue weighted by atomic mass is 19.1. The van der Waals surface area contributed by atoms with Crippen molar-refractivity contribution in [1.29, 1.82) is 0 Å². The first-order valence-electron chi connectivity index (χ1n) is 7.49. The van der Waals surface area contributed by atoms with Gasteiger partial charge in [-0.05, 0) is 52.3 Å². The van der Waals surface area contributed by atoms with Crippen LogP contribution in [-0.2, 0) is 6.54 Å². The Bertz CT molecular complexity index is 601. The van der Waals surface area contributed by atoms with Crippen molar-refractivity contribution in [2.45, 2.75) is 53.2 Å². The zero-order valence-corrected chi connectivity index (χ0v) is 13.4. The van der Waals surface area contributed by atoms with Gasteiger partial charge in [0, 0.05) is 29.9 Å². The van der Waals surface area contributed by atoms with Gasteiger partial charge in [0.2, 0.25) is 0 Å². The second-order valence-corrected chi connectivity index (χ2v) is 5.56. The quantitative estimate of drug-likeness (QED) is 0.899. The maximum absolute atomic E-state index is 13.0. The van der Waals surface area contributed by atoms with Crippen LogP contribution >= 0.6 is 0 Å². The maximum atomic E-state index is 13.0. The Morgan fingerprint density at radius 1 is 1.14 bits per heavy atom. The zero-order valence-electron chi connectivity index (χ0n) is 13.4. The van der Waals surface area contributed by atoms with Gasteiger partial charge in [-0.1, -0.05) is 12.1 Å². The zero-order chi connectivity index (χ0) is 15.6. The fraction of sp³-hybridized carbons (Fsp3) is 0.471. The van der Waals surface area contributed by atoms with Crippen LogP contribution in [0.5, 0.6) is 0 Å². The summed E-state index contributed by atoms with van der Waals surface area (Å²) < 4.78 is 15.0. The van der Waals surface area contributed by atoms with Crippen LogP contribution in [0.1, 0.15) is 55.4 Å². The van der Waals surface area contributed by atoms with Crippen LogP contribution in [0.2, 0.25) is 0 Å². The Labute approximate surface area is 126 Å². The van der Waals surface area contributed by atoms with Crippen LogP contribution in [0.25, 0.3) is 0 Å². The summed E-state index contributed by atoms with van der Waals surface area (Å²) in [5, 5.41) is 8.14. The lowest BCUT2D eigenvalue weighted by molar-refractivity contribution is 0.490. The van der Waals surface area contributed by atoms with E-state index in [4.69, 9.17) is 0 Å². The average Bonchev–Trinajstić information content (AvgIpc) is 2.73. The first kappa shape index (κ1) is 15.7. The van der Waals surface area contributed by atoms with Gasteiger partial charge in [0.25, 0.3) is 0 Å². The first-order chi connectivity index (χ1) is 9.93. The molecule has 2 rings (SSSR count). The highest BCUT2D eigenvalue weighted by Crippen LogP contribution is 2.24. The number of hydrogen-bond acceptors (Lipinski definition) is 2. The molecule has 0 aliphatic heterocycles. The van der Waals surface area contributed by atoms with Gasteiger partial charge in [0.15, 0.2) is 0 Å². The lowest BCUT2D eigenvalue weighted by atomic mass is 10.0. The molecule has 0 aliphatic carbocycles. The van der Waals surface area contributed by atoms with Gasteiger partial charge in [-0.3, -0.25) is 4.68 Å². The molecule has 1 N–H and O–H groups in total. The molecule has 1 unspecified atom stereocenters. The molecule has 114 valence electrons. The second-order valence-electron chi connectivity index (χ2n) is 5.56. The van der Waals surface area contributed by atoms with Crippen molar-refractivity contribution >= 4 is 0 Å². The van der Waals surface area contributed by atoms with Crippen molar-refractivity contribution in [2.24, 2.45) is 0 Å². The van der Waals surface area contributed by atoms with Crippen molar-refractivity contribution < 1.29 is 4.39 Å². The summed E-state index contributed by atoms with van der Waals surface area (Å²) >= 11 is 0. The van der Waals surface area contributed by atoms with Gasteiger partial charge < -0.3 is 5.32 Å². The molecule has 2 aromatic rings. The predicted molar refractivity (Wildman–Crippen MR) is 83.7 cm³/mol. The summed E-state index contributed by atoms with van der Waals surface area (Å²) in [5.41, 5.74) is 4.62. The third-order valence-corrected chi connectivity index (χ3v) is 4.04. The van der Waals surface area contributed by atoms with Crippen molar-refractivity contribution in [2.75, 3.05) is 0 Å². The van der Waals surface area contributed by atoms with Gasteiger partial charge >= 0.3 is 0 Å². The van der Waals surface area contributed by atoms with E-state index in [2.05, 4.69) is 45.0 Å². The SMILES string of the molecule is CCn1nc(C)c(C(C)N[C@@H](C)c2ccc(F)cc2)c1C. The molecule has 4 heteroatoms. The third kappa shape index (κ3) is 3.32. The fourth-order valence-corrected chi connectivity index (χ4v) is 2.95. The van der Waals surface area contributed by atoms with Crippen molar-refractivity contribution in [3.8, 4) is 0 Å². The van der Waals surface area contributed by atoms with E-state index in [0.29, 0.717) is 0 Å². The van der Waals surface area contributed by atoms with E-state index in [1.165, 1.54) is 23.4 Å². The average molecular weight is 289 g/mol. The van der Waals surface area contributed by atoms with Crippen molar-refractivity contribution in [1.82, 2.24) is 15.1 Å². The molecule has 0 bridgehead atoms. The van der Waals surface area contributed by atoms with Gasteiger partial charge in [-0.25, -0.2) is 4.39 Å². The number of nitrogens with zero attached hydrogens (tertiary/aromatic N) is 2. The molecule has 0 saturated heterocycles. The molecule has 1 aromatic carbocycles. The largest absolute Gasteiger partial charge is 0.304 e. The summed E-state index contributed by atoms with van der Waals surface area (Å²) in [6.07, 6.45) is 0. The summed E-state index contributed by atoms with van der Waals surface area (Å²) in [5.74, 6) is -0.199. The molecule has 3 nitrogen and oxygen atoms in total. The number of halogens is 1. The third-order valence-electron chi connectivity index (χ3n) is 4.04. The molecule has 21 heavy (non-hydrogen) atoms. The number of nitrogens with one attached hydrogen (secondary N) is 1. The molecule has 0 spiro atoms. The van der Waals surface area contributed by atoms with E-state index in [-0.39, 0.29) is 17.9 Å². The number of aromatic nitrogens is 2. The van der Waals surface area contributed by atoms with E-state index in [9.17, 15) is 4.39 Å². The van der Waals surface area contributed by atoms with E-state index in [0.717, 1.165) is 17.8 Å². The standard InChI is InChI=1S/C17H24FN3/c1-6-21-14(5)17(13(4)20-21)12(3)19-11(2)15-7-9-16(18)10-8-15/h7-12,19H,6H2,1-5H3/t11-,12?/m0/s1. The molecule has 1 heterocycles. The van der Waals surface area contributed by atoms with Crippen LogP contribution in [0, 0.1) is 19.7 Å². The van der Waals surface area contributed by atoms with Crippen LogP contribution in [0.15, 0.2) is 24.3 Å². The Hall–Kier alpha value is -1.68. The van der Waals surface area contributed by atoms with E-state index in [1.54, 1.807) is 0 Å². The fourth-order valence-electron chi connectivity index (χ4n) is 2.95. The van der Waals surface area contributed by atoms with Gasteiger partial charge in [0.05, 0.1) is 5.69 Å². The monoisotopic (exact) mass is 289 g/mol. The molecule has 2 atom stereocenters. The van der Waals surface area contributed by atoms with Gasteiger partial charge in [-0.2, -0.15) is 5.10 Å². The molecule has 0 fully saturated rings. The van der Waals surface area contributed by atoms with Crippen LogP contribution in [0.4, 0.5) is 4.39 Å². The molecule has 0 amide bonds. The van der Waals surface area contributed by atoms with Crippen LogP contribution in [0.3, 0.4) is 0 Å². The minimum Gasteiger partial charge on any atom is -0.304 e. The van der Waals surface area contributed by atoms with Crippen molar-refractivity contribution in [3.63, 3.8) is 0 Å². The Balaban J connectivity index is 2.16. The van der Waals surface area contributed by atoms with Crippen LogP contribution in [-0.4, -0.2) is 9.78 Å². The van der Waals surface area contributed by atoms with Crippen molar-refractivity contribution in [3.05, 3.63) is 52.6 Å². The molecule has 0 saturated carbocycles. The summed E-state index contributed by atoms with van der Waals surface area (Å²) in [4.78, 5) is 0. The predicted octanol–water partition coefficient (Wildman–Crippen LogP) is 4.07. The normalized spacial score (nSPS) is 14.2. The maximum Gasteiger partial charge on any atom is 0.123 e. The summed E-state index contributed by atoms with van der Waals surface area (Å²) in [6.45, 7) is 11.4. The molecule has 0 radical (unpaired) electrons. The highest BCUT2D eigenvalue weighted by molar-refractivity contribution is 5.28. The summed E-state index contributed by atoms with van der Waals surface area (Å²) in [6, 6.07) is 7.02. The minimum atomic E-state index is -0.199. The Morgan fingerprint density at radius 3 is 2.29 bits per heavy atom. The van der Waals surface area contributed by atoms with E-state index < -0.39 is 0 Å². The van der Waals surface area contributed by atoms with Gasteiger partial charge in [0.1, 0.15) is 5.82 Å². The highest BCUT2D eigenvalue weighted by Gasteiger charge is 2.19. The lowest BCUT2D eigenvalue weighted by Gasteiger charge is -2.21. The Kier molecular flexibility index (Phi) is 4.78. The van der Waals surface area contributed by atoms with E-state index in [1.807, 2.05) is 16.8 Å². The number of rotatable bonds is 5. The number of aryl methyl sites for hydroxylation is 2. The number of hydrogen-bond donors (Lipinski definition) is 1. The van der Waals surface area contributed by atoms with Crippen LogP contribution < -0.4 is 5.32 Å². The Morgan fingerprint density at radius 2 is 1.76 bits per heavy atom. The molecule has 1 aromatic heterocycles. The van der Waals surface area contributed by atoms with E-state index >= 15 is 0 Å². The second kappa shape index (κ2) is 6.39.